The lowest BCUT2D eigenvalue weighted by molar-refractivity contribution is -0.529. The number of amides is 1. The number of methoxy groups -OCH3 is 2. The molecule has 2 atom stereocenters. The van der Waals surface area contributed by atoms with Crippen LogP contribution in [0, 0.1) is 10.1 Å². The summed E-state index contributed by atoms with van der Waals surface area (Å²) in [5, 5.41) is 13.9. The minimum absolute atomic E-state index is 0.161. The molecule has 108 valence electrons. The zero-order valence-corrected chi connectivity index (χ0v) is 11.3. The Labute approximate surface area is 116 Å². The molecule has 20 heavy (non-hydrogen) atoms. The van der Waals surface area contributed by atoms with Crippen LogP contribution >= 0.6 is 0 Å². The number of piperidine rings is 1. The molecular weight excluding hydrogens is 264 g/mol. The summed E-state index contributed by atoms with van der Waals surface area (Å²) in [5.41, 5.74) is 0.557. The van der Waals surface area contributed by atoms with Crippen molar-refractivity contribution in [2.75, 3.05) is 14.2 Å². The molecule has 1 aliphatic rings. The van der Waals surface area contributed by atoms with Crippen molar-refractivity contribution in [1.82, 2.24) is 5.32 Å². The average molecular weight is 280 g/mol. The molecule has 1 saturated heterocycles. The van der Waals surface area contributed by atoms with Crippen molar-refractivity contribution in [1.29, 1.82) is 0 Å². The number of nitrogens with one attached hydrogen (secondary N) is 1. The van der Waals surface area contributed by atoms with Gasteiger partial charge in [0, 0.05) is 23.3 Å². The maximum Gasteiger partial charge on any atom is 0.237 e. The van der Waals surface area contributed by atoms with Gasteiger partial charge in [0.2, 0.25) is 11.9 Å². The van der Waals surface area contributed by atoms with Gasteiger partial charge in [0.1, 0.15) is 6.04 Å². The maximum atomic E-state index is 11.6. The first-order valence-corrected chi connectivity index (χ1v) is 6.22. The third kappa shape index (κ3) is 2.52. The van der Waals surface area contributed by atoms with Crippen LogP contribution < -0.4 is 14.8 Å². The van der Waals surface area contributed by atoms with Crippen molar-refractivity contribution >= 4 is 5.91 Å². The van der Waals surface area contributed by atoms with E-state index in [4.69, 9.17) is 9.47 Å². The Bertz CT molecular complexity index is 531. The molecule has 1 heterocycles. The fourth-order valence-corrected chi connectivity index (χ4v) is 2.46. The van der Waals surface area contributed by atoms with Crippen molar-refractivity contribution in [3.8, 4) is 11.5 Å². The Morgan fingerprint density at radius 3 is 2.70 bits per heavy atom. The monoisotopic (exact) mass is 280 g/mol. The lowest BCUT2D eigenvalue weighted by Crippen LogP contribution is -2.45. The van der Waals surface area contributed by atoms with E-state index in [0.717, 1.165) is 0 Å². The van der Waals surface area contributed by atoms with E-state index in [1.165, 1.54) is 14.2 Å². The predicted octanol–water partition coefficient (Wildman–Crippen LogP) is 1.30. The molecule has 0 bridgehead atoms. The SMILES string of the molecule is COc1cccc([C@@H]2NC(=O)CC[C@H]2[N+](=O)[O-])c1OC. The molecule has 2 rings (SSSR count). The second kappa shape index (κ2) is 5.77. The number of para-hydroxylation sites is 1. The van der Waals surface area contributed by atoms with E-state index < -0.39 is 12.1 Å². The van der Waals surface area contributed by atoms with Crippen LogP contribution in [0.25, 0.3) is 0 Å². The highest BCUT2D eigenvalue weighted by Gasteiger charge is 2.40. The number of benzene rings is 1. The topological polar surface area (TPSA) is 90.7 Å². The normalized spacial score (nSPS) is 22.0. The van der Waals surface area contributed by atoms with Gasteiger partial charge >= 0.3 is 0 Å². The zero-order valence-electron chi connectivity index (χ0n) is 11.3. The van der Waals surface area contributed by atoms with E-state index in [1.54, 1.807) is 18.2 Å². The highest BCUT2D eigenvalue weighted by molar-refractivity contribution is 5.77. The molecule has 0 saturated carbocycles. The number of hydrogen-bond acceptors (Lipinski definition) is 5. The predicted molar refractivity (Wildman–Crippen MR) is 70.4 cm³/mol. The van der Waals surface area contributed by atoms with E-state index in [1.807, 2.05) is 0 Å². The molecule has 1 N–H and O–H groups in total. The molecule has 1 aromatic rings. The molecule has 0 aliphatic carbocycles. The fourth-order valence-electron chi connectivity index (χ4n) is 2.46. The van der Waals surface area contributed by atoms with E-state index >= 15 is 0 Å². The lowest BCUT2D eigenvalue weighted by Gasteiger charge is -2.28. The van der Waals surface area contributed by atoms with Gasteiger partial charge < -0.3 is 14.8 Å². The number of ether oxygens (including phenoxy) is 2. The van der Waals surface area contributed by atoms with Gasteiger partial charge in [-0.25, -0.2) is 0 Å². The number of carbonyl (C=O) groups is 1. The molecule has 7 heteroatoms. The van der Waals surface area contributed by atoms with Crippen molar-refractivity contribution in [2.45, 2.75) is 24.9 Å². The minimum Gasteiger partial charge on any atom is -0.493 e. The molecule has 0 aromatic heterocycles. The number of hydrogen-bond donors (Lipinski definition) is 1. The van der Waals surface area contributed by atoms with Crippen LogP contribution in [-0.2, 0) is 4.79 Å². The third-order valence-electron chi connectivity index (χ3n) is 3.41. The lowest BCUT2D eigenvalue weighted by atomic mass is 9.91. The molecule has 1 aromatic carbocycles. The summed E-state index contributed by atoms with van der Waals surface area (Å²) < 4.78 is 10.5. The van der Waals surface area contributed by atoms with Crippen LogP contribution in [-0.4, -0.2) is 31.1 Å². The molecule has 1 fully saturated rings. The minimum atomic E-state index is -0.867. The van der Waals surface area contributed by atoms with Gasteiger partial charge in [0.15, 0.2) is 11.5 Å². The Balaban J connectivity index is 2.46. The van der Waals surface area contributed by atoms with Crippen molar-refractivity contribution in [2.24, 2.45) is 0 Å². The summed E-state index contributed by atoms with van der Waals surface area (Å²) in [7, 11) is 2.96. The second-order valence-corrected chi connectivity index (χ2v) is 4.52. The second-order valence-electron chi connectivity index (χ2n) is 4.52. The molecular formula is C13H16N2O5. The Morgan fingerprint density at radius 2 is 2.10 bits per heavy atom. The summed E-state index contributed by atoms with van der Waals surface area (Å²) in [6.07, 6.45) is 0.373. The maximum absolute atomic E-state index is 11.6. The van der Waals surface area contributed by atoms with Crippen LogP contribution in [0.3, 0.4) is 0 Å². The molecule has 0 radical (unpaired) electrons. The van der Waals surface area contributed by atoms with Gasteiger partial charge in [0.05, 0.1) is 14.2 Å². The largest absolute Gasteiger partial charge is 0.493 e. The smallest absolute Gasteiger partial charge is 0.237 e. The van der Waals surface area contributed by atoms with E-state index in [0.29, 0.717) is 17.1 Å². The number of rotatable bonds is 4. The Morgan fingerprint density at radius 1 is 1.35 bits per heavy atom. The molecule has 1 aliphatic heterocycles. The summed E-state index contributed by atoms with van der Waals surface area (Å²) in [5.74, 6) is 0.693. The van der Waals surface area contributed by atoms with Gasteiger partial charge in [-0.2, -0.15) is 0 Å². The molecule has 0 spiro atoms. The van der Waals surface area contributed by atoms with E-state index in [9.17, 15) is 14.9 Å². The Hall–Kier alpha value is -2.31. The van der Waals surface area contributed by atoms with Crippen LogP contribution in [0.5, 0.6) is 11.5 Å². The first kappa shape index (κ1) is 14.1. The van der Waals surface area contributed by atoms with Gasteiger partial charge in [-0.3, -0.25) is 14.9 Å². The molecule has 1 amide bonds. The summed E-state index contributed by atoms with van der Waals surface area (Å²) in [4.78, 5) is 22.4. The summed E-state index contributed by atoms with van der Waals surface area (Å²) in [6.45, 7) is 0. The molecule has 7 nitrogen and oxygen atoms in total. The third-order valence-corrected chi connectivity index (χ3v) is 3.41. The van der Waals surface area contributed by atoms with Crippen molar-refractivity contribution < 1.29 is 19.2 Å². The van der Waals surface area contributed by atoms with Crippen LogP contribution in [0.15, 0.2) is 18.2 Å². The standard InChI is InChI=1S/C13H16N2O5/c1-19-10-5-3-4-8(13(10)20-2)12-9(15(17)18)6-7-11(16)14-12/h3-5,9,12H,6-7H2,1-2H3,(H,14,16)/t9-,12+/m1/s1. The van der Waals surface area contributed by atoms with Crippen LogP contribution in [0.4, 0.5) is 0 Å². The van der Waals surface area contributed by atoms with Crippen molar-refractivity contribution in [3.05, 3.63) is 33.9 Å². The number of nitro groups is 1. The van der Waals surface area contributed by atoms with Crippen LogP contribution in [0.1, 0.15) is 24.4 Å². The van der Waals surface area contributed by atoms with Gasteiger partial charge in [0.25, 0.3) is 0 Å². The average Bonchev–Trinajstić information content (AvgIpc) is 2.45. The first-order chi connectivity index (χ1) is 9.58. The number of nitrogens with zero attached hydrogens (tertiary/aromatic N) is 1. The fraction of sp³-hybridized carbons (Fsp3) is 0.462. The quantitative estimate of drug-likeness (QED) is 0.663. The molecule has 0 unspecified atom stereocenters. The van der Waals surface area contributed by atoms with Gasteiger partial charge in [-0.05, 0) is 6.07 Å². The highest BCUT2D eigenvalue weighted by Crippen LogP contribution is 2.38. The number of carbonyl (C=O) groups excluding carboxylic acids is 1. The van der Waals surface area contributed by atoms with Gasteiger partial charge in [-0.15, -0.1) is 0 Å². The van der Waals surface area contributed by atoms with E-state index in [2.05, 4.69) is 5.32 Å². The first-order valence-electron chi connectivity index (χ1n) is 6.22. The Kier molecular flexibility index (Phi) is 4.07. The summed E-state index contributed by atoms with van der Waals surface area (Å²) in [6, 6.07) is 3.54. The zero-order chi connectivity index (χ0) is 14.7. The summed E-state index contributed by atoms with van der Waals surface area (Å²) >= 11 is 0. The highest BCUT2D eigenvalue weighted by atomic mass is 16.6. The van der Waals surface area contributed by atoms with Crippen LogP contribution in [0.2, 0.25) is 0 Å². The van der Waals surface area contributed by atoms with E-state index in [-0.39, 0.29) is 23.7 Å². The van der Waals surface area contributed by atoms with Crippen molar-refractivity contribution in [3.63, 3.8) is 0 Å². The van der Waals surface area contributed by atoms with Gasteiger partial charge in [-0.1, -0.05) is 12.1 Å².